The molecule has 3 rings (SSSR count). The Morgan fingerprint density at radius 1 is 1.14 bits per heavy atom. The molecule has 0 aromatic heterocycles. The molecule has 0 fully saturated rings. The highest BCUT2D eigenvalue weighted by Gasteiger charge is 2.29. The predicted molar refractivity (Wildman–Crippen MR) is 84.0 cm³/mol. The van der Waals surface area contributed by atoms with E-state index in [-0.39, 0.29) is 12.5 Å². The van der Waals surface area contributed by atoms with Crippen LogP contribution in [0.5, 0.6) is 11.5 Å². The summed E-state index contributed by atoms with van der Waals surface area (Å²) in [5.74, 6) is 1.23. The molecule has 1 aliphatic rings. The molecule has 22 heavy (non-hydrogen) atoms. The molecule has 4 nitrogen and oxygen atoms in total. The van der Waals surface area contributed by atoms with Gasteiger partial charge < -0.3 is 14.4 Å². The highest BCUT2D eigenvalue weighted by molar-refractivity contribution is 5.81. The summed E-state index contributed by atoms with van der Waals surface area (Å²) < 4.78 is 11.4. The largest absolute Gasteiger partial charge is 0.485 e. The van der Waals surface area contributed by atoms with Crippen LogP contribution in [-0.2, 0) is 11.3 Å². The number of aryl methyl sites for hydroxylation is 1. The number of hydrogen-bond donors (Lipinski definition) is 0. The van der Waals surface area contributed by atoms with Crippen molar-refractivity contribution in [3.8, 4) is 11.5 Å². The molecule has 1 heterocycles. The minimum atomic E-state index is -0.592. The Labute approximate surface area is 130 Å². The molecule has 0 spiro atoms. The van der Waals surface area contributed by atoms with Crippen LogP contribution in [0.15, 0.2) is 48.5 Å². The number of likely N-dealkylation sites (N-methyl/N-ethyl adjacent to an activating group) is 1. The van der Waals surface area contributed by atoms with Crippen molar-refractivity contribution < 1.29 is 14.3 Å². The number of nitrogens with zero attached hydrogens (tertiary/aromatic N) is 1. The first kappa shape index (κ1) is 14.4. The molecule has 0 saturated heterocycles. The summed E-state index contributed by atoms with van der Waals surface area (Å²) >= 11 is 0. The Morgan fingerprint density at radius 2 is 1.82 bits per heavy atom. The van der Waals surface area contributed by atoms with E-state index in [4.69, 9.17) is 9.47 Å². The van der Waals surface area contributed by atoms with Gasteiger partial charge >= 0.3 is 0 Å². The highest BCUT2D eigenvalue weighted by Crippen LogP contribution is 2.31. The van der Waals surface area contributed by atoms with Crippen LogP contribution in [0.25, 0.3) is 0 Å². The molecule has 0 saturated carbocycles. The van der Waals surface area contributed by atoms with Gasteiger partial charge in [-0.05, 0) is 24.6 Å². The normalized spacial score (nSPS) is 16.2. The van der Waals surface area contributed by atoms with E-state index in [9.17, 15) is 4.79 Å². The minimum Gasteiger partial charge on any atom is -0.485 e. The number of hydrogen-bond acceptors (Lipinski definition) is 3. The second-order valence-corrected chi connectivity index (χ2v) is 5.54. The maximum atomic E-state index is 12.5. The van der Waals surface area contributed by atoms with Gasteiger partial charge in [0.05, 0.1) is 0 Å². The number of carbonyl (C=O) groups excluding carboxylic acids is 1. The molecule has 0 radical (unpaired) electrons. The summed E-state index contributed by atoms with van der Waals surface area (Å²) in [5, 5.41) is 0. The quantitative estimate of drug-likeness (QED) is 0.874. The standard InChI is InChI=1S/C18H19NO3/c1-13-7-9-14(10-8-13)11-19(2)18(20)17-12-21-15-5-3-4-6-16(15)22-17/h3-10,17H,11-12H2,1-2H3/t17-/m1/s1. The third kappa shape index (κ3) is 3.06. The molecule has 0 aliphatic carbocycles. The summed E-state index contributed by atoms with van der Waals surface area (Å²) in [5.41, 5.74) is 2.30. The maximum Gasteiger partial charge on any atom is 0.267 e. The van der Waals surface area contributed by atoms with Gasteiger partial charge in [-0.2, -0.15) is 0 Å². The van der Waals surface area contributed by atoms with E-state index in [0.717, 1.165) is 5.56 Å². The van der Waals surface area contributed by atoms with Crippen LogP contribution in [0.2, 0.25) is 0 Å². The van der Waals surface area contributed by atoms with Crippen LogP contribution in [0, 0.1) is 6.92 Å². The van der Waals surface area contributed by atoms with Crippen LogP contribution in [0.3, 0.4) is 0 Å². The summed E-state index contributed by atoms with van der Waals surface area (Å²) in [6.07, 6.45) is -0.592. The van der Waals surface area contributed by atoms with E-state index in [0.29, 0.717) is 18.0 Å². The number of amides is 1. The summed E-state index contributed by atoms with van der Waals surface area (Å²) in [4.78, 5) is 14.2. The van der Waals surface area contributed by atoms with Gasteiger partial charge in [0.15, 0.2) is 11.5 Å². The molecule has 0 unspecified atom stereocenters. The van der Waals surface area contributed by atoms with Crippen molar-refractivity contribution in [1.82, 2.24) is 4.90 Å². The van der Waals surface area contributed by atoms with Crippen molar-refractivity contribution >= 4 is 5.91 Å². The summed E-state index contributed by atoms with van der Waals surface area (Å²) in [6, 6.07) is 15.6. The number of para-hydroxylation sites is 2. The van der Waals surface area contributed by atoms with Gasteiger partial charge in [0, 0.05) is 13.6 Å². The van der Waals surface area contributed by atoms with E-state index in [1.165, 1.54) is 5.56 Å². The Bertz CT molecular complexity index is 666. The monoisotopic (exact) mass is 297 g/mol. The molecular formula is C18H19NO3. The van der Waals surface area contributed by atoms with E-state index >= 15 is 0 Å². The Balaban J connectivity index is 1.65. The molecule has 114 valence electrons. The van der Waals surface area contributed by atoms with Crippen LogP contribution >= 0.6 is 0 Å². The van der Waals surface area contributed by atoms with Gasteiger partial charge in [-0.15, -0.1) is 0 Å². The van der Waals surface area contributed by atoms with Crippen molar-refractivity contribution in [2.75, 3.05) is 13.7 Å². The van der Waals surface area contributed by atoms with Crippen LogP contribution in [-0.4, -0.2) is 30.6 Å². The summed E-state index contributed by atoms with van der Waals surface area (Å²) in [6.45, 7) is 2.85. The molecule has 2 aromatic carbocycles. The topological polar surface area (TPSA) is 38.8 Å². The zero-order valence-electron chi connectivity index (χ0n) is 12.8. The first-order valence-electron chi connectivity index (χ1n) is 7.32. The summed E-state index contributed by atoms with van der Waals surface area (Å²) in [7, 11) is 1.78. The number of fused-ring (bicyclic) bond motifs is 1. The third-order valence-electron chi connectivity index (χ3n) is 3.70. The maximum absolute atomic E-state index is 12.5. The van der Waals surface area contributed by atoms with E-state index in [1.807, 2.05) is 55.5 Å². The molecule has 0 bridgehead atoms. The van der Waals surface area contributed by atoms with Gasteiger partial charge in [-0.25, -0.2) is 0 Å². The lowest BCUT2D eigenvalue weighted by Crippen LogP contribution is -2.44. The average molecular weight is 297 g/mol. The van der Waals surface area contributed by atoms with Crippen LogP contribution in [0.1, 0.15) is 11.1 Å². The smallest absolute Gasteiger partial charge is 0.267 e. The second-order valence-electron chi connectivity index (χ2n) is 5.54. The SMILES string of the molecule is Cc1ccc(CN(C)C(=O)[C@H]2COc3ccccc3O2)cc1. The lowest BCUT2D eigenvalue weighted by atomic mass is 10.1. The fourth-order valence-corrected chi connectivity index (χ4v) is 2.43. The third-order valence-corrected chi connectivity index (χ3v) is 3.70. The lowest BCUT2D eigenvalue weighted by Gasteiger charge is -2.28. The predicted octanol–water partition coefficient (Wildman–Crippen LogP) is 2.79. The van der Waals surface area contributed by atoms with Crippen molar-refractivity contribution in [3.05, 3.63) is 59.7 Å². The molecule has 4 heteroatoms. The van der Waals surface area contributed by atoms with E-state index in [1.54, 1.807) is 11.9 Å². The first-order valence-corrected chi connectivity index (χ1v) is 7.32. The number of ether oxygens (including phenoxy) is 2. The fraction of sp³-hybridized carbons (Fsp3) is 0.278. The lowest BCUT2D eigenvalue weighted by molar-refractivity contribution is -0.140. The van der Waals surface area contributed by atoms with Gasteiger partial charge in [-0.1, -0.05) is 42.0 Å². The van der Waals surface area contributed by atoms with Crippen molar-refractivity contribution in [3.63, 3.8) is 0 Å². The van der Waals surface area contributed by atoms with Gasteiger partial charge in [-0.3, -0.25) is 4.79 Å². The van der Waals surface area contributed by atoms with Gasteiger partial charge in [0.1, 0.15) is 6.61 Å². The second kappa shape index (κ2) is 6.10. The first-order chi connectivity index (χ1) is 10.6. The van der Waals surface area contributed by atoms with Crippen molar-refractivity contribution in [1.29, 1.82) is 0 Å². The number of rotatable bonds is 3. The number of carbonyl (C=O) groups is 1. The molecular weight excluding hydrogens is 278 g/mol. The van der Waals surface area contributed by atoms with Crippen LogP contribution in [0.4, 0.5) is 0 Å². The average Bonchev–Trinajstić information content (AvgIpc) is 2.55. The molecule has 1 amide bonds. The minimum absolute atomic E-state index is 0.0740. The Morgan fingerprint density at radius 3 is 2.55 bits per heavy atom. The van der Waals surface area contributed by atoms with Gasteiger partial charge in [0.25, 0.3) is 5.91 Å². The van der Waals surface area contributed by atoms with Crippen molar-refractivity contribution in [2.24, 2.45) is 0 Å². The molecule has 1 aliphatic heterocycles. The molecule has 0 N–H and O–H groups in total. The zero-order valence-corrected chi connectivity index (χ0v) is 12.8. The zero-order chi connectivity index (χ0) is 15.5. The molecule has 2 aromatic rings. The van der Waals surface area contributed by atoms with E-state index < -0.39 is 6.10 Å². The van der Waals surface area contributed by atoms with Crippen LogP contribution < -0.4 is 9.47 Å². The number of benzene rings is 2. The Hall–Kier alpha value is -2.49. The molecule has 1 atom stereocenters. The highest BCUT2D eigenvalue weighted by atomic mass is 16.6. The Kier molecular flexibility index (Phi) is 4.00. The van der Waals surface area contributed by atoms with E-state index in [2.05, 4.69) is 0 Å². The van der Waals surface area contributed by atoms with Crippen molar-refractivity contribution in [2.45, 2.75) is 19.6 Å². The fourth-order valence-electron chi connectivity index (χ4n) is 2.43. The van der Waals surface area contributed by atoms with Gasteiger partial charge in [0.2, 0.25) is 6.10 Å².